The van der Waals surface area contributed by atoms with Crippen LogP contribution in [0.4, 0.5) is 11.4 Å². The van der Waals surface area contributed by atoms with Gasteiger partial charge in [0.1, 0.15) is 0 Å². The number of fused-ring (bicyclic) bond motifs is 1. The molecule has 0 saturated heterocycles. The first-order valence-corrected chi connectivity index (χ1v) is 12.6. The van der Waals surface area contributed by atoms with E-state index in [0.29, 0.717) is 24.2 Å². The van der Waals surface area contributed by atoms with Gasteiger partial charge in [0.15, 0.2) is 0 Å². The van der Waals surface area contributed by atoms with Crippen LogP contribution in [0.3, 0.4) is 0 Å². The summed E-state index contributed by atoms with van der Waals surface area (Å²) in [4.78, 5) is 12.9. The third kappa shape index (κ3) is 4.32. The van der Waals surface area contributed by atoms with Crippen molar-refractivity contribution in [1.82, 2.24) is 0 Å². The van der Waals surface area contributed by atoms with Crippen LogP contribution in [0.2, 0.25) is 0 Å². The SMILES string of the molecule is CC(C)(C)c1ccc(C(=O)Nc2ccc(S(=O)(=O)N3CCc4ccccc43)cc2)cc1Br. The van der Waals surface area contributed by atoms with Crippen LogP contribution in [0.25, 0.3) is 0 Å². The topological polar surface area (TPSA) is 66.5 Å². The highest BCUT2D eigenvalue weighted by Crippen LogP contribution is 2.33. The van der Waals surface area contributed by atoms with Gasteiger partial charge in [0.2, 0.25) is 0 Å². The molecule has 0 aromatic heterocycles. The maximum absolute atomic E-state index is 13.1. The molecule has 0 fully saturated rings. The van der Waals surface area contributed by atoms with E-state index in [-0.39, 0.29) is 16.2 Å². The Morgan fingerprint density at radius 2 is 1.69 bits per heavy atom. The van der Waals surface area contributed by atoms with Gasteiger partial charge in [0.25, 0.3) is 15.9 Å². The molecule has 5 nitrogen and oxygen atoms in total. The molecule has 32 heavy (non-hydrogen) atoms. The Bertz CT molecular complexity index is 1280. The number of amides is 1. The molecule has 0 radical (unpaired) electrons. The highest BCUT2D eigenvalue weighted by atomic mass is 79.9. The van der Waals surface area contributed by atoms with Crippen molar-refractivity contribution in [3.63, 3.8) is 0 Å². The van der Waals surface area contributed by atoms with Gasteiger partial charge in [-0.25, -0.2) is 8.42 Å². The van der Waals surface area contributed by atoms with E-state index in [0.717, 1.165) is 21.3 Å². The van der Waals surface area contributed by atoms with E-state index < -0.39 is 10.0 Å². The number of rotatable bonds is 4. The van der Waals surface area contributed by atoms with E-state index in [4.69, 9.17) is 0 Å². The van der Waals surface area contributed by atoms with Gasteiger partial charge in [-0.15, -0.1) is 0 Å². The third-order valence-corrected chi connectivity index (χ3v) is 8.07. The summed E-state index contributed by atoms with van der Waals surface area (Å²) in [6, 6.07) is 19.4. The minimum atomic E-state index is -3.66. The summed E-state index contributed by atoms with van der Waals surface area (Å²) in [5.41, 5.74) is 3.90. The number of carbonyl (C=O) groups is 1. The van der Waals surface area contributed by atoms with Crippen molar-refractivity contribution in [3.8, 4) is 0 Å². The van der Waals surface area contributed by atoms with Crippen LogP contribution < -0.4 is 9.62 Å². The Morgan fingerprint density at radius 3 is 2.34 bits per heavy atom. The van der Waals surface area contributed by atoms with E-state index in [1.54, 1.807) is 24.3 Å². The number of nitrogens with one attached hydrogen (secondary N) is 1. The first kappa shape index (κ1) is 22.6. The van der Waals surface area contributed by atoms with Gasteiger partial charge in [-0.05, 0) is 65.4 Å². The smallest absolute Gasteiger partial charge is 0.264 e. The fourth-order valence-corrected chi connectivity index (χ4v) is 6.34. The predicted octanol–water partition coefficient (Wildman–Crippen LogP) is 5.75. The standard InChI is InChI=1S/C25H25BrN2O3S/c1-25(2,3)21-13-8-18(16-22(21)26)24(29)27-19-9-11-20(12-10-19)32(30,31)28-15-14-17-6-4-5-7-23(17)28/h4-13,16H,14-15H2,1-3H3,(H,27,29). The molecule has 0 unspecified atom stereocenters. The number of carbonyl (C=O) groups excluding carboxylic acids is 1. The lowest BCUT2D eigenvalue weighted by Crippen LogP contribution is -2.29. The zero-order valence-corrected chi connectivity index (χ0v) is 20.6. The summed E-state index contributed by atoms with van der Waals surface area (Å²) in [6.07, 6.45) is 0.701. The summed E-state index contributed by atoms with van der Waals surface area (Å²) < 4.78 is 28.6. The minimum absolute atomic E-state index is 0.0367. The van der Waals surface area contributed by atoms with E-state index in [2.05, 4.69) is 42.0 Å². The summed E-state index contributed by atoms with van der Waals surface area (Å²) in [5, 5.41) is 2.84. The number of halogens is 1. The van der Waals surface area contributed by atoms with Crippen molar-refractivity contribution >= 4 is 43.2 Å². The number of hydrogen-bond acceptors (Lipinski definition) is 3. The number of hydrogen-bond donors (Lipinski definition) is 1. The average molecular weight is 513 g/mol. The second kappa shape index (κ2) is 8.37. The Balaban J connectivity index is 1.51. The second-order valence-electron chi connectivity index (χ2n) is 8.88. The van der Waals surface area contributed by atoms with Crippen molar-refractivity contribution in [2.75, 3.05) is 16.2 Å². The Labute approximate surface area is 197 Å². The molecule has 0 spiro atoms. The van der Waals surface area contributed by atoms with Crippen molar-refractivity contribution in [2.45, 2.75) is 37.5 Å². The molecular weight excluding hydrogens is 488 g/mol. The van der Waals surface area contributed by atoms with Crippen molar-refractivity contribution in [3.05, 3.63) is 87.9 Å². The van der Waals surface area contributed by atoms with Crippen LogP contribution >= 0.6 is 15.9 Å². The Hall–Kier alpha value is -2.64. The predicted molar refractivity (Wildman–Crippen MR) is 132 cm³/mol. The van der Waals surface area contributed by atoms with Gasteiger partial charge >= 0.3 is 0 Å². The van der Waals surface area contributed by atoms with Crippen molar-refractivity contribution in [1.29, 1.82) is 0 Å². The molecule has 1 aliphatic rings. The normalized spacial score (nSPS) is 13.7. The lowest BCUT2D eigenvalue weighted by molar-refractivity contribution is 0.102. The number of sulfonamides is 1. The summed E-state index contributed by atoms with van der Waals surface area (Å²) >= 11 is 3.56. The molecule has 166 valence electrons. The minimum Gasteiger partial charge on any atom is -0.322 e. The molecule has 4 rings (SSSR count). The van der Waals surface area contributed by atoms with Crippen LogP contribution in [0.1, 0.15) is 42.3 Å². The molecule has 0 atom stereocenters. The zero-order chi connectivity index (χ0) is 23.1. The monoisotopic (exact) mass is 512 g/mol. The van der Waals surface area contributed by atoms with Crippen LogP contribution in [0, 0.1) is 0 Å². The third-order valence-electron chi connectivity index (χ3n) is 5.58. The summed E-state index contributed by atoms with van der Waals surface area (Å²) in [6.45, 7) is 6.77. The van der Waals surface area contributed by atoms with Gasteiger partial charge in [0.05, 0.1) is 10.6 Å². The lowest BCUT2D eigenvalue weighted by Gasteiger charge is -2.21. The summed E-state index contributed by atoms with van der Waals surface area (Å²) in [5.74, 6) is -0.254. The maximum atomic E-state index is 13.1. The average Bonchev–Trinajstić information content (AvgIpc) is 3.18. The van der Waals surface area contributed by atoms with E-state index in [1.165, 1.54) is 16.4 Å². The highest BCUT2D eigenvalue weighted by molar-refractivity contribution is 9.10. The van der Waals surface area contributed by atoms with Gasteiger partial charge in [-0.3, -0.25) is 9.10 Å². The summed E-state index contributed by atoms with van der Waals surface area (Å²) in [7, 11) is -3.66. The number of nitrogens with zero attached hydrogens (tertiary/aromatic N) is 1. The molecule has 0 aliphatic carbocycles. The molecule has 0 bridgehead atoms. The molecule has 0 saturated carbocycles. The van der Waals surface area contributed by atoms with Crippen LogP contribution in [0.5, 0.6) is 0 Å². The lowest BCUT2D eigenvalue weighted by atomic mass is 9.86. The van der Waals surface area contributed by atoms with Crippen LogP contribution in [0.15, 0.2) is 76.1 Å². The molecular formula is C25H25BrN2O3S. The Morgan fingerprint density at radius 1 is 1.00 bits per heavy atom. The molecule has 3 aromatic carbocycles. The van der Waals surface area contributed by atoms with Gasteiger partial charge in [-0.1, -0.05) is 61.0 Å². The maximum Gasteiger partial charge on any atom is 0.264 e. The number of benzene rings is 3. The molecule has 1 heterocycles. The van der Waals surface area contributed by atoms with Crippen molar-refractivity contribution < 1.29 is 13.2 Å². The second-order valence-corrected chi connectivity index (χ2v) is 11.6. The van der Waals surface area contributed by atoms with E-state index in [1.807, 2.05) is 30.3 Å². The van der Waals surface area contributed by atoms with Crippen LogP contribution in [-0.2, 0) is 21.9 Å². The highest BCUT2D eigenvalue weighted by Gasteiger charge is 2.30. The Kier molecular flexibility index (Phi) is 5.90. The molecule has 3 aromatic rings. The van der Waals surface area contributed by atoms with E-state index in [9.17, 15) is 13.2 Å². The fourth-order valence-electron chi connectivity index (χ4n) is 3.86. The van der Waals surface area contributed by atoms with E-state index >= 15 is 0 Å². The molecule has 1 aliphatic heterocycles. The van der Waals surface area contributed by atoms with Gasteiger partial charge in [-0.2, -0.15) is 0 Å². The molecule has 7 heteroatoms. The largest absolute Gasteiger partial charge is 0.322 e. The van der Waals surface area contributed by atoms with Crippen LogP contribution in [-0.4, -0.2) is 20.9 Å². The first-order chi connectivity index (χ1) is 15.1. The fraction of sp³-hybridized carbons (Fsp3) is 0.240. The first-order valence-electron chi connectivity index (χ1n) is 10.4. The van der Waals surface area contributed by atoms with Gasteiger partial charge < -0.3 is 5.32 Å². The molecule has 1 N–H and O–H groups in total. The zero-order valence-electron chi connectivity index (χ0n) is 18.2. The van der Waals surface area contributed by atoms with Gasteiger partial charge in [0, 0.05) is 22.3 Å². The quantitative estimate of drug-likeness (QED) is 0.483. The number of anilines is 2. The molecule has 1 amide bonds. The number of para-hydroxylation sites is 1. The van der Waals surface area contributed by atoms with Crippen molar-refractivity contribution in [2.24, 2.45) is 0 Å².